The Bertz CT molecular complexity index is 1490. The Morgan fingerprint density at radius 2 is 2.09 bits per heavy atom. The quantitative estimate of drug-likeness (QED) is 0.542. The van der Waals surface area contributed by atoms with Gasteiger partial charge in [0.05, 0.1) is 25.6 Å². The van der Waals surface area contributed by atoms with Crippen molar-refractivity contribution in [3.05, 3.63) is 53.0 Å². The summed E-state index contributed by atoms with van der Waals surface area (Å²) in [5, 5.41) is 13.8. The Morgan fingerprint density at radius 3 is 2.85 bits per heavy atom. The first-order valence-electron chi connectivity index (χ1n) is 10.5. The first-order valence-corrected chi connectivity index (χ1v) is 12.1. The van der Waals surface area contributed by atoms with Crippen molar-refractivity contribution in [3.8, 4) is 22.9 Å². The van der Waals surface area contributed by atoms with Crippen molar-refractivity contribution in [3.63, 3.8) is 0 Å². The predicted octanol–water partition coefficient (Wildman–Crippen LogP) is 3.07. The van der Waals surface area contributed by atoms with Crippen molar-refractivity contribution >= 4 is 21.5 Å². The van der Waals surface area contributed by atoms with Crippen LogP contribution in [-0.4, -0.2) is 30.1 Å². The van der Waals surface area contributed by atoms with E-state index in [1.165, 1.54) is 4.68 Å². The highest BCUT2D eigenvalue weighted by molar-refractivity contribution is 7.95. The van der Waals surface area contributed by atoms with E-state index < -0.39 is 27.0 Å². The fourth-order valence-electron chi connectivity index (χ4n) is 4.55. The minimum Gasteiger partial charge on any atom is -0.482 e. The molecule has 0 saturated heterocycles. The monoisotopic (exact) mass is 462 g/mol. The van der Waals surface area contributed by atoms with Gasteiger partial charge in [0.1, 0.15) is 17.9 Å². The van der Waals surface area contributed by atoms with Gasteiger partial charge in [0.15, 0.2) is 11.6 Å². The number of nitriles is 1. The summed E-state index contributed by atoms with van der Waals surface area (Å²) >= 11 is 0. The van der Waals surface area contributed by atoms with Gasteiger partial charge >= 0.3 is 0 Å². The number of carbonyl (C=O) groups excluding carboxylic acids is 1. The maximum atomic E-state index is 14.4. The normalized spacial score (nSPS) is 23.6. The van der Waals surface area contributed by atoms with Crippen LogP contribution in [-0.2, 0) is 28.0 Å². The number of carbonyl (C=O) groups is 1. The summed E-state index contributed by atoms with van der Waals surface area (Å²) in [6, 6.07) is 9.47. The standard InChI is InChI=1S/C23H22N6O3S/c1-12-4-5-20-16(6-12)13(2)32-19-7-14(11-26-23(19)25)22-17(27-29(3)18(22)10-24)8-15-9-21(30)28-33(15,20)31/h4-7,11,13,15H,8-9H2,1-3H3,(H2,25,26)/t13-,15-,33?/m1/s1. The molecular formula is C23H22N6O3S. The lowest BCUT2D eigenvalue weighted by Gasteiger charge is -2.24. The Labute approximate surface area is 191 Å². The predicted molar refractivity (Wildman–Crippen MR) is 122 cm³/mol. The number of rotatable bonds is 0. The number of hydrogen-bond donors (Lipinski definition) is 1. The van der Waals surface area contributed by atoms with Gasteiger partial charge < -0.3 is 10.5 Å². The molecule has 0 spiro atoms. The summed E-state index contributed by atoms with van der Waals surface area (Å²) < 4.78 is 26.2. The molecule has 2 aliphatic rings. The number of fused-ring (bicyclic) bond motifs is 7. The van der Waals surface area contributed by atoms with E-state index in [1.54, 1.807) is 25.4 Å². The highest BCUT2D eigenvalue weighted by atomic mass is 32.2. The molecule has 0 aliphatic carbocycles. The number of nitrogen functional groups attached to an aromatic ring is 1. The van der Waals surface area contributed by atoms with Crippen molar-refractivity contribution in [2.75, 3.05) is 5.73 Å². The van der Waals surface area contributed by atoms with E-state index >= 15 is 0 Å². The van der Waals surface area contributed by atoms with Crippen LogP contribution in [0.2, 0.25) is 0 Å². The number of hydrogen-bond acceptors (Lipinski definition) is 7. The lowest BCUT2D eigenvalue weighted by Crippen LogP contribution is -2.23. The molecule has 0 saturated carbocycles. The van der Waals surface area contributed by atoms with Crippen LogP contribution in [0.4, 0.5) is 5.82 Å². The third kappa shape index (κ3) is 3.27. The second kappa shape index (κ2) is 7.42. The Morgan fingerprint density at radius 1 is 1.30 bits per heavy atom. The average molecular weight is 463 g/mol. The third-order valence-electron chi connectivity index (χ3n) is 6.13. The van der Waals surface area contributed by atoms with Crippen molar-refractivity contribution in [1.29, 1.82) is 5.26 Å². The molecule has 1 aromatic carbocycles. The van der Waals surface area contributed by atoms with Crippen LogP contribution in [0.25, 0.3) is 11.1 Å². The van der Waals surface area contributed by atoms with Gasteiger partial charge in [0.2, 0.25) is 0 Å². The summed E-state index contributed by atoms with van der Waals surface area (Å²) in [6.45, 7) is 3.77. The number of pyridine rings is 1. The largest absolute Gasteiger partial charge is 0.482 e. The molecule has 3 aromatic rings. The van der Waals surface area contributed by atoms with E-state index in [4.69, 9.17) is 10.5 Å². The molecule has 10 heteroatoms. The maximum absolute atomic E-state index is 14.4. The third-order valence-corrected chi connectivity index (χ3v) is 8.84. The summed E-state index contributed by atoms with van der Waals surface area (Å²) in [7, 11) is -1.43. The van der Waals surface area contributed by atoms with Gasteiger partial charge in [-0.25, -0.2) is 9.19 Å². The fraction of sp³-hybridized carbons (Fsp3) is 0.304. The molecule has 2 aliphatic heterocycles. The zero-order chi connectivity index (χ0) is 23.5. The van der Waals surface area contributed by atoms with Gasteiger partial charge in [-0.05, 0) is 26.0 Å². The van der Waals surface area contributed by atoms with E-state index in [9.17, 15) is 14.3 Å². The summed E-state index contributed by atoms with van der Waals surface area (Å²) in [5.74, 6) is 0.144. The Kier molecular flexibility index (Phi) is 4.76. The van der Waals surface area contributed by atoms with Crippen LogP contribution in [0.5, 0.6) is 5.75 Å². The van der Waals surface area contributed by atoms with Crippen LogP contribution in [0.1, 0.15) is 42.0 Å². The van der Waals surface area contributed by atoms with E-state index in [-0.39, 0.29) is 18.7 Å². The molecule has 33 heavy (non-hydrogen) atoms. The van der Waals surface area contributed by atoms with Crippen molar-refractivity contribution in [1.82, 2.24) is 14.8 Å². The van der Waals surface area contributed by atoms with Crippen molar-refractivity contribution < 1.29 is 13.7 Å². The lowest BCUT2D eigenvalue weighted by atomic mass is 10.0. The van der Waals surface area contributed by atoms with E-state index in [1.807, 2.05) is 26.0 Å². The number of aromatic nitrogens is 3. The maximum Gasteiger partial charge on any atom is 0.255 e. The number of aryl methyl sites for hydroxylation is 2. The molecule has 0 fully saturated rings. The number of ether oxygens (including phenoxy) is 1. The molecular weight excluding hydrogens is 440 g/mol. The van der Waals surface area contributed by atoms with Gasteiger partial charge in [-0.15, -0.1) is 0 Å². The van der Waals surface area contributed by atoms with E-state index in [2.05, 4.69) is 20.5 Å². The number of nitrogens with zero attached hydrogens (tertiary/aromatic N) is 5. The summed E-state index contributed by atoms with van der Waals surface area (Å²) in [4.78, 5) is 17.2. The van der Waals surface area contributed by atoms with Crippen LogP contribution >= 0.6 is 0 Å². The molecule has 1 amide bonds. The van der Waals surface area contributed by atoms with E-state index in [0.717, 1.165) is 5.56 Å². The summed E-state index contributed by atoms with van der Waals surface area (Å²) in [6.07, 6.45) is 1.30. The molecule has 168 valence electrons. The van der Waals surface area contributed by atoms with Gasteiger partial charge in [0.25, 0.3) is 5.91 Å². The number of anilines is 1. The van der Waals surface area contributed by atoms with Crippen molar-refractivity contribution in [2.45, 2.75) is 42.9 Å². The van der Waals surface area contributed by atoms with Crippen LogP contribution in [0, 0.1) is 18.3 Å². The second-order valence-corrected chi connectivity index (χ2v) is 10.8. The van der Waals surface area contributed by atoms with Crippen molar-refractivity contribution in [2.24, 2.45) is 11.4 Å². The minimum absolute atomic E-state index is 0.0462. The van der Waals surface area contributed by atoms with Gasteiger partial charge in [-0.3, -0.25) is 9.48 Å². The highest BCUT2D eigenvalue weighted by Gasteiger charge is 2.39. The number of nitrogens with two attached hydrogens (primary N) is 1. The SMILES string of the molecule is Cc1ccc2c(c1)[C@@H](C)Oc1cc(cnc1N)-c1c(nn(C)c1C#N)C[C@@H]1CC(=O)N=S21=O. The first kappa shape index (κ1) is 21.2. The Balaban J connectivity index is 1.84. The average Bonchev–Trinajstić information content (AvgIpc) is 3.23. The number of amides is 1. The molecule has 2 N–H and O–H groups in total. The molecule has 1 unspecified atom stereocenters. The molecule has 2 aromatic heterocycles. The molecule has 0 radical (unpaired) electrons. The first-order chi connectivity index (χ1) is 15.7. The molecule has 4 heterocycles. The topological polar surface area (TPSA) is 136 Å². The molecule has 5 rings (SSSR count). The molecule has 3 atom stereocenters. The Hall–Kier alpha value is -3.71. The van der Waals surface area contributed by atoms with E-state index in [0.29, 0.717) is 38.7 Å². The fourth-order valence-corrected chi connectivity index (χ4v) is 7.11. The second-order valence-electron chi connectivity index (χ2n) is 8.40. The van der Waals surface area contributed by atoms with Gasteiger partial charge in [0, 0.05) is 42.8 Å². The molecule has 9 nitrogen and oxygen atoms in total. The van der Waals surface area contributed by atoms with Gasteiger partial charge in [-0.1, -0.05) is 17.7 Å². The summed E-state index contributed by atoms with van der Waals surface area (Å²) in [5.41, 5.74) is 9.82. The van der Waals surface area contributed by atoms with Crippen LogP contribution in [0.3, 0.4) is 0 Å². The highest BCUT2D eigenvalue weighted by Crippen LogP contribution is 2.40. The number of benzene rings is 1. The van der Waals surface area contributed by atoms with Crippen LogP contribution in [0.15, 0.2) is 39.7 Å². The van der Waals surface area contributed by atoms with Gasteiger partial charge in [-0.2, -0.15) is 14.7 Å². The lowest BCUT2D eigenvalue weighted by molar-refractivity contribution is -0.117. The smallest absolute Gasteiger partial charge is 0.255 e. The zero-order valence-electron chi connectivity index (χ0n) is 18.4. The minimum atomic E-state index is -3.11. The zero-order valence-corrected chi connectivity index (χ0v) is 19.2. The van der Waals surface area contributed by atoms with Crippen LogP contribution < -0.4 is 10.5 Å². The molecule has 2 bridgehead atoms.